The highest BCUT2D eigenvalue weighted by Gasteiger charge is 2.46. The van der Waals surface area contributed by atoms with Crippen LogP contribution >= 0.6 is 34.8 Å². The average molecular weight is 849 g/mol. The van der Waals surface area contributed by atoms with Crippen LogP contribution in [0.1, 0.15) is 78.5 Å². The summed E-state index contributed by atoms with van der Waals surface area (Å²) in [4.78, 5) is 45.4. The number of pyridine rings is 4. The third-order valence-corrected chi connectivity index (χ3v) is 13.6. The van der Waals surface area contributed by atoms with Crippen LogP contribution in [-0.2, 0) is 0 Å². The second kappa shape index (κ2) is 17.9. The molecular formula is C47H48Cl3N7O2. The van der Waals surface area contributed by atoms with Crippen molar-refractivity contribution >= 4 is 79.0 Å². The van der Waals surface area contributed by atoms with E-state index >= 15 is 0 Å². The van der Waals surface area contributed by atoms with Gasteiger partial charge in [0.05, 0.1) is 11.0 Å². The molecule has 2 N–H and O–H groups in total. The van der Waals surface area contributed by atoms with Crippen molar-refractivity contribution in [3.8, 4) is 0 Å². The number of fused-ring (bicyclic) bond motifs is 2. The minimum Gasteiger partial charge on any atom is -0.371 e. The van der Waals surface area contributed by atoms with Crippen LogP contribution in [0.2, 0.25) is 10.0 Å². The molecule has 4 aromatic heterocycles. The Morgan fingerprint density at radius 1 is 0.610 bits per heavy atom. The zero-order valence-electron chi connectivity index (χ0n) is 33.0. The molecule has 2 spiro atoms. The van der Waals surface area contributed by atoms with E-state index in [1.54, 1.807) is 48.8 Å². The number of hydrogen-bond donors (Lipinski definition) is 1. The number of nitrogens with two attached hydrogens (primary N) is 1. The topological polar surface area (TPSA) is 118 Å². The molecule has 0 bridgehead atoms. The summed E-state index contributed by atoms with van der Waals surface area (Å²) in [6.45, 7) is 4.37. The normalized spacial score (nSPS) is 19.2. The van der Waals surface area contributed by atoms with Crippen molar-refractivity contribution in [2.24, 2.45) is 22.5 Å². The summed E-state index contributed by atoms with van der Waals surface area (Å²) in [6.07, 6.45) is 21.6. The fourth-order valence-electron chi connectivity index (χ4n) is 9.72. The Kier molecular flexibility index (Phi) is 12.5. The molecule has 6 heterocycles. The Bertz CT molecular complexity index is 2390. The van der Waals surface area contributed by atoms with E-state index in [0.717, 1.165) is 53.5 Å². The lowest BCUT2D eigenvalue weighted by atomic mass is 9.56. The first-order valence-electron chi connectivity index (χ1n) is 20.4. The number of anilines is 2. The van der Waals surface area contributed by atoms with Gasteiger partial charge in [0.2, 0.25) is 0 Å². The molecule has 4 fully saturated rings. The lowest BCUT2D eigenvalue weighted by Gasteiger charge is -2.52. The van der Waals surface area contributed by atoms with Crippen molar-refractivity contribution in [3.05, 3.63) is 131 Å². The number of ketones is 1. The Morgan fingerprint density at radius 3 is 1.49 bits per heavy atom. The molecule has 10 rings (SSSR count). The highest BCUT2D eigenvalue weighted by atomic mass is 35.5. The molecule has 12 heteroatoms. The smallest absolute Gasteiger partial charge is 0.252 e. The van der Waals surface area contributed by atoms with Crippen LogP contribution in [0, 0.1) is 16.7 Å². The Hall–Kier alpha value is -4.67. The summed E-state index contributed by atoms with van der Waals surface area (Å²) in [5.74, 6) is 0.769. The second-order valence-electron chi connectivity index (χ2n) is 16.8. The van der Waals surface area contributed by atoms with Crippen LogP contribution in [0.15, 0.2) is 110 Å². The summed E-state index contributed by atoms with van der Waals surface area (Å²) in [7, 11) is 0. The fraction of sp³-hybridized carbons (Fsp3) is 0.362. The van der Waals surface area contributed by atoms with Crippen LogP contribution in [-0.4, -0.2) is 63.2 Å². The minimum atomic E-state index is -0.461. The number of rotatable bonds is 6. The van der Waals surface area contributed by atoms with Crippen molar-refractivity contribution in [2.75, 3.05) is 36.0 Å². The predicted octanol–water partition coefficient (Wildman–Crippen LogP) is 10.6. The molecule has 59 heavy (non-hydrogen) atoms. The van der Waals surface area contributed by atoms with E-state index in [1.165, 1.54) is 62.7 Å². The third-order valence-electron chi connectivity index (χ3n) is 12.9. The molecule has 9 nitrogen and oxygen atoms in total. The van der Waals surface area contributed by atoms with Gasteiger partial charge in [-0.25, -0.2) is 0 Å². The van der Waals surface area contributed by atoms with Crippen LogP contribution in [0.3, 0.4) is 0 Å². The van der Waals surface area contributed by atoms with E-state index in [4.69, 9.17) is 40.5 Å². The number of carbonyl (C=O) groups excluding carboxylic acids is 2. The molecule has 0 atom stereocenters. The van der Waals surface area contributed by atoms with E-state index < -0.39 is 5.24 Å². The van der Waals surface area contributed by atoms with E-state index in [9.17, 15) is 9.59 Å². The first kappa shape index (κ1) is 41.1. The summed E-state index contributed by atoms with van der Waals surface area (Å²) < 4.78 is 0. The minimum absolute atomic E-state index is 0.245. The average Bonchev–Trinajstić information content (AvgIpc) is 3.24. The van der Waals surface area contributed by atoms with Crippen LogP contribution in [0.4, 0.5) is 11.4 Å². The van der Waals surface area contributed by atoms with Crippen LogP contribution in [0.25, 0.3) is 21.8 Å². The summed E-state index contributed by atoms with van der Waals surface area (Å²) in [6, 6.07) is 22.3. The van der Waals surface area contributed by atoms with E-state index in [1.807, 2.05) is 49.1 Å². The lowest BCUT2D eigenvalue weighted by molar-refractivity contribution is 0.0239. The molecule has 2 aliphatic carbocycles. The molecule has 2 aliphatic heterocycles. The first-order valence-corrected chi connectivity index (χ1v) is 21.6. The molecule has 2 saturated carbocycles. The molecule has 0 amide bonds. The molecule has 4 aliphatic rings. The van der Waals surface area contributed by atoms with Crippen LogP contribution < -0.4 is 15.5 Å². The van der Waals surface area contributed by atoms with E-state index in [0.29, 0.717) is 44.8 Å². The van der Waals surface area contributed by atoms with Gasteiger partial charge in [-0.1, -0.05) is 23.2 Å². The number of halogens is 3. The maximum Gasteiger partial charge on any atom is 0.252 e. The largest absolute Gasteiger partial charge is 0.371 e. The summed E-state index contributed by atoms with van der Waals surface area (Å²) in [5.41, 5.74) is 12.8. The number of piperidine rings is 2. The van der Waals surface area contributed by atoms with Crippen molar-refractivity contribution in [3.63, 3.8) is 0 Å². The molecule has 6 aromatic rings. The maximum atomic E-state index is 12.5. The van der Waals surface area contributed by atoms with Crippen molar-refractivity contribution < 1.29 is 9.59 Å². The number of hydrogen-bond acceptors (Lipinski definition) is 9. The quantitative estimate of drug-likeness (QED) is 0.129. The fourth-order valence-corrected chi connectivity index (χ4v) is 10.1. The molecule has 2 aromatic carbocycles. The highest BCUT2D eigenvalue weighted by molar-refractivity contribution is 6.67. The zero-order chi connectivity index (χ0) is 41.0. The van der Waals surface area contributed by atoms with Gasteiger partial charge in [-0.3, -0.25) is 29.5 Å². The number of aromatic nitrogens is 4. The highest BCUT2D eigenvalue weighted by Crippen LogP contribution is 2.54. The van der Waals surface area contributed by atoms with Gasteiger partial charge in [-0.2, -0.15) is 0 Å². The summed E-state index contributed by atoms with van der Waals surface area (Å²) in [5, 5.41) is 3.11. The SMILES string of the molecule is NC1CC2(CCN(c3ccnc4ccncc34)CC2)C1.O=C(CC1CC2(CCN(c3ccnc4ccncc34)CC2)C1)c1ccc(Cl)cc1.O=C(Cl)c1ccc(Cl)cc1. The number of nitrogens with zero attached hydrogens (tertiary/aromatic N) is 6. The van der Waals surface area contributed by atoms with Gasteiger partial charge >= 0.3 is 0 Å². The number of carbonyl (C=O) groups is 2. The predicted molar refractivity (Wildman–Crippen MR) is 239 cm³/mol. The van der Waals surface area contributed by atoms with Gasteiger partial charge in [0.25, 0.3) is 5.24 Å². The van der Waals surface area contributed by atoms with Crippen molar-refractivity contribution in [1.82, 2.24) is 19.9 Å². The molecule has 2 saturated heterocycles. The number of Topliss-reactive ketones (excluding diaryl/α,β-unsaturated/α-hetero) is 1. The van der Waals surface area contributed by atoms with E-state index in [2.05, 4.69) is 41.9 Å². The Balaban J connectivity index is 0.000000139. The lowest BCUT2D eigenvalue weighted by Crippen LogP contribution is -2.52. The first-order chi connectivity index (χ1) is 28.6. The standard InChI is InChI=1S/C24H24ClN3O.C16H20N4.C7H4Cl2O/c25-19-3-1-18(2-4-19)23(29)13-17-14-24(15-17)7-11-28(12-8-24)22-6-10-27-21-5-9-26-16-20(21)22;17-12-9-16(10-12)3-7-20(8-4-16)15-2-6-19-14-1-5-18-11-13(14)15;8-6-3-1-5(2-4-6)7(9)10/h1-6,9-10,16-17H,7-8,11-15H2;1-2,5-6,11-12H,3-4,7-10,17H2;1-4H. The van der Waals surface area contributed by atoms with E-state index in [-0.39, 0.29) is 5.78 Å². The third kappa shape index (κ3) is 9.55. The van der Waals surface area contributed by atoms with Crippen molar-refractivity contribution in [2.45, 2.75) is 63.8 Å². The maximum absolute atomic E-state index is 12.5. The van der Waals surface area contributed by atoms with Gasteiger partial charge in [0, 0.05) is 119 Å². The molecular weight excluding hydrogens is 801 g/mol. The summed E-state index contributed by atoms with van der Waals surface area (Å²) >= 11 is 16.7. The second-order valence-corrected chi connectivity index (χ2v) is 18.0. The van der Waals surface area contributed by atoms with Crippen LogP contribution in [0.5, 0.6) is 0 Å². The van der Waals surface area contributed by atoms with Crippen molar-refractivity contribution in [1.29, 1.82) is 0 Å². The molecule has 0 unspecified atom stereocenters. The Labute approximate surface area is 360 Å². The van der Waals surface area contributed by atoms with Gasteiger partial charge in [-0.05, 0) is 153 Å². The number of benzene rings is 2. The Morgan fingerprint density at radius 2 is 1.05 bits per heavy atom. The van der Waals surface area contributed by atoms with Gasteiger partial charge in [0.15, 0.2) is 5.78 Å². The van der Waals surface area contributed by atoms with Gasteiger partial charge < -0.3 is 15.5 Å². The van der Waals surface area contributed by atoms with Gasteiger partial charge in [-0.15, -0.1) is 0 Å². The molecule has 304 valence electrons. The molecule has 0 radical (unpaired) electrons. The monoisotopic (exact) mass is 847 g/mol. The van der Waals surface area contributed by atoms with Gasteiger partial charge in [0.1, 0.15) is 0 Å². The zero-order valence-corrected chi connectivity index (χ0v) is 35.2.